The molecule has 4 aromatic rings. The monoisotopic (exact) mass is 334 g/mol. The van der Waals surface area contributed by atoms with Crippen molar-refractivity contribution in [3.05, 3.63) is 66.6 Å². The van der Waals surface area contributed by atoms with Crippen molar-refractivity contribution in [2.45, 2.75) is 0 Å². The number of methoxy groups -OCH3 is 1. The molecule has 0 aliphatic carbocycles. The van der Waals surface area contributed by atoms with E-state index in [0.717, 1.165) is 17.0 Å². The zero-order valence-corrected chi connectivity index (χ0v) is 13.3. The third-order valence-electron chi connectivity index (χ3n) is 3.72. The van der Waals surface area contributed by atoms with E-state index in [1.54, 1.807) is 23.8 Å². The van der Waals surface area contributed by atoms with Crippen molar-refractivity contribution < 1.29 is 13.9 Å². The molecule has 0 spiro atoms. The van der Waals surface area contributed by atoms with Crippen molar-refractivity contribution in [3.63, 3.8) is 0 Å². The first kappa shape index (κ1) is 14.9. The van der Waals surface area contributed by atoms with E-state index >= 15 is 0 Å². The lowest BCUT2D eigenvalue weighted by atomic mass is 10.1. The lowest BCUT2D eigenvalue weighted by Gasteiger charge is -2.05. The van der Waals surface area contributed by atoms with Gasteiger partial charge in [-0.25, -0.2) is 4.52 Å². The van der Waals surface area contributed by atoms with Crippen molar-refractivity contribution in [2.24, 2.45) is 0 Å². The summed E-state index contributed by atoms with van der Waals surface area (Å²) in [6.07, 6.45) is 1.44. The van der Waals surface area contributed by atoms with Crippen molar-refractivity contribution >= 4 is 17.5 Å². The van der Waals surface area contributed by atoms with Gasteiger partial charge in [0.05, 0.1) is 19.1 Å². The van der Waals surface area contributed by atoms with E-state index in [1.165, 1.54) is 6.26 Å². The Hall–Kier alpha value is -3.61. The molecule has 0 fully saturated rings. The first-order chi connectivity index (χ1) is 12.2. The fourth-order valence-corrected chi connectivity index (χ4v) is 2.51. The number of anilines is 1. The highest BCUT2D eigenvalue weighted by Crippen LogP contribution is 2.23. The summed E-state index contributed by atoms with van der Waals surface area (Å²) in [6, 6.07) is 16.5. The van der Waals surface area contributed by atoms with Crippen LogP contribution in [0.15, 0.2) is 65.3 Å². The molecule has 0 bridgehead atoms. The maximum atomic E-state index is 12.1. The molecule has 124 valence electrons. The number of aromatic nitrogens is 3. The third kappa shape index (κ3) is 2.83. The zero-order valence-electron chi connectivity index (χ0n) is 13.3. The van der Waals surface area contributed by atoms with E-state index in [2.05, 4.69) is 15.4 Å². The molecule has 0 radical (unpaired) electrons. The summed E-state index contributed by atoms with van der Waals surface area (Å²) >= 11 is 0. The van der Waals surface area contributed by atoms with Crippen LogP contribution in [-0.4, -0.2) is 27.6 Å². The van der Waals surface area contributed by atoms with Gasteiger partial charge in [-0.05, 0) is 48.5 Å². The molecule has 1 amide bonds. The van der Waals surface area contributed by atoms with E-state index in [9.17, 15) is 4.79 Å². The van der Waals surface area contributed by atoms with Gasteiger partial charge in [0.15, 0.2) is 11.4 Å². The molecule has 0 saturated heterocycles. The number of pyridine rings is 1. The Bertz CT molecular complexity index is 1020. The number of rotatable bonds is 4. The maximum Gasteiger partial charge on any atom is 0.293 e. The first-order valence-electron chi connectivity index (χ1n) is 7.60. The van der Waals surface area contributed by atoms with E-state index in [-0.39, 0.29) is 11.7 Å². The number of carbonyl (C=O) groups is 1. The number of amides is 1. The van der Waals surface area contributed by atoms with E-state index in [1.807, 2.05) is 42.5 Å². The average molecular weight is 334 g/mol. The van der Waals surface area contributed by atoms with Crippen LogP contribution in [0.25, 0.3) is 16.9 Å². The van der Waals surface area contributed by atoms with E-state index in [4.69, 9.17) is 9.15 Å². The van der Waals surface area contributed by atoms with Crippen molar-refractivity contribution in [3.8, 4) is 17.0 Å². The molecule has 1 aromatic carbocycles. The van der Waals surface area contributed by atoms with Gasteiger partial charge in [-0.1, -0.05) is 6.07 Å². The molecule has 7 heteroatoms. The van der Waals surface area contributed by atoms with Crippen LogP contribution < -0.4 is 10.1 Å². The molecular weight excluding hydrogens is 320 g/mol. The molecule has 0 unspecified atom stereocenters. The lowest BCUT2D eigenvalue weighted by Crippen LogP contribution is -2.12. The van der Waals surface area contributed by atoms with Crippen LogP contribution in [0.5, 0.6) is 5.75 Å². The highest BCUT2D eigenvalue weighted by molar-refractivity contribution is 6.01. The number of fused-ring (bicyclic) bond motifs is 1. The zero-order chi connectivity index (χ0) is 17.2. The molecule has 3 heterocycles. The summed E-state index contributed by atoms with van der Waals surface area (Å²) in [5.74, 6) is 0.796. The second-order valence-corrected chi connectivity index (χ2v) is 5.28. The van der Waals surface area contributed by atoms with Gasteiger partial charge in [0.25, 0.3) is 5.91 Å². The number of hydrogen-bond acceptors (Lipinski definition) is 5. The predicted octanol–water partition coefficient (Wildman–Crippen LogP) is 3.25. The topological polar surface area (TPSA) is 81.7 Å². The smallest absolute Gasteiger partial charge is 0.293 e. The Morgan fingerprint density at radius 3 is 2.68 bits per heavy atom. The summed E-state index contributed by atoms with van der Waals surface area (Å²) in [6.45, 7) is 0. The van der Waals surface area contributed by atoms with Crippen molar-refractivity contribution in [2.75, 3.05) is 12.4 Å². The molecule has 0 atom stereocenters. The number of ether oxygens (including phenoxy) is 1. The maximum absolute atomic E-state index is 12.1. The molecule has 0 aliphatic rings. The summed E-state index contributed by atoms with van der Waals surface area (Å²) in [5.41, 5.74) is 2.44. The van der Waals surface area contributed by atoms with Gasteiger partial charge in [0.1, 0.15) is 5.75 Å². The Morgan fingerprint density at radius 2 is 1.96 bits per heavy atom. The highest BCUT2D eigenvalue weighted by atomic mass is 16.5. The van der Waals surface area contributed by atoms with Gasteiger partial charge >= 0.3 is 0 Å². The molecule has 0 saturated carbocycles. The Labute approximate surface area is 142 Å². The second kappa shape index (κ2) is 6.12. The molecule has 0 aliphatic heterocycles. The summed E-state index contributed by atoms with van der Waals surface area (Å²) in [4.78, 5) is 16.4. The SMILES string of the molecule is COc1ccc(-c2cccc3nc(NC(=O)c4ccco4)nn23)cc1. The second-order valence-electron chi connectivity index (χ2n) is 5.28. The number of carbonyl (C=O) groups excluding carboxylic acids is 1. The quantitative estimate of drug-likeness (QED) is 0.619. The Morgan fingerprint density at radius 1 is 1.12 bits per heavy atom. The molecule has 3 aromatic heterocycles. The van der Waals surface area contributed by atoms with E-state index < -0.39 is 5.91 Å². The van der Waals surface area contributed by atoms with Crippen LogP contribution >= 0.6 is 0 Å². The van der Waals surface area contributed by atoms with Crippen LogP contribution in [0.3, 0.4) is 0 Å². The van der Waals surface area contributed by atoms with E-state index in [0.29, 0.717) is 5.65 Å². The molecule has 7 nitrogen and oxygen atoms in total. The number of furan rings is 1. The minimum absolute atomic E-state index is 0.203. The van der Waals surface area contributed by atoms with Crippen LogP contribution in [0.2, 0.25) is 0 Å². The fourth-order valence-electron chi connectivity index (χ4n) is 2.51. The number of hydrogen-bond donors (Lipinski definition) is 1. The normalized spacial score (nSPS) is 10.8. The van der Waals surface area contributed by atoms with Crippen LogP contribution in [-0.2, 0) is 0 Å². The summed E-state index contributed by atoms with van der Waals surface area (Å²) < 4.78 is 11.9. The van der Waals surface area contributed by atoms with Crippen LogP contribution in [0, 0.1) is 0 Å². The lowest BCUT2D eigenvalue weighted by molar-refractivity contribution is 0.0996. The van der Waals surface area contributed by atoms with Gasteiger partial charge in [0.2, 0.25) is 5.95 Å². The minimum atomic E-state index is -0.396. The van der Waals surface area contributed by atoms with Crippen LogP contribution in [0.4, 0.5) is 5.95 Å². The largest absolute Gasteiger partial charge is 0.497 e. The number of nitrogens with one attached hydrogen (secondary N) is 1. The van der Waals surface area contributed by atoms with Crippen molar-refractivity contribution in [1.29, 1.82) is 0 Å². The number of nitrogens with zero attached hydrogens (tertiary/aromatic N) is 3. The van der Waals surface area contributed by atoms with Gasteiger partial charge in [-0.15, -0.1) is 5.10 Å². The van der Waals surface area contributed by atoms with Gasteiger partial charge in [-0.3, -0.25) is 10.1 Å². The van der Waals surface area contributed by atoms with Crippen molar-refractivity contribution in [1.82, 2.24) is 14.6 Å². The molecule has 25 heavy (non-hydrogen) atoms. The minimum Gasteiger partial charge on any atom is -0.497 e. The van der Waals surface area contributed by atoms with Gasteiger partial charge in [0, 0.05) is 5.56 Å². The summed E-state index contributed by atoms with van der Waals surface area (Å²) in [5, 5.41) is 7.02. The Balaban J connectivity index is 1.69. The predicted molar refractivity (Wildman–Crippen MR) is 91.6 cm³/mol. The molecule has 1 N–H and O–H groups in total. The number of benzene rings is 1. The summed E-state index contributed by atoms with van der Waals surface area (Å²) in [7, 11) is 1.63. The first-order valence-corrected chi connectivity index (χ1v) is 7.60. The molecule has 4 rings (SSSR count). The molecular formula is C18H14N4O3. The Kier molecular flexibility index (Phi) is 3.66. The average Bonchev–Trinajstić information content (AvgIpc) is 3.30. The van der Waals surface area contributed by atoms with Gasteiger partial charge < -0.3 is 9.15 Å². The highest BCUT2D eigenvalue weighted by Gasteiger charge is 2.14. The standard InChI is InChI=1S/C18H14N4O3/c1-24-13-9-7-12(8-10-13)14-4-2-6-16-19-18(21-22(14)16)20-17(23)15-5-3-11-25-15/h2-11H,1H3,(H,20,21,23). The van der Waals surface area contributed by atoms with Gasteiger partial charge in [-0.2, -0.15) is 4.98 Å². The third-order valence-corrected chi connectivity index (χ3v) is 3.72. The fraction of sp³-hybridized carbons (Fsp3) is 0.0556. The van der Waals surface area contributed by atoms with Crippen LogP contribution in [0.1, 0.15) is 10.6 Å².